The van der Waals surface area contributed by atoms with Gasteiger partial charge in [-0.25, -0.2) is 0 Å². The van der Waals surface area contributed by atoms with E-state index in [2.05, 4.69) is 21.2 Å². The van der Waals surface area contributed by atoms with Crippen molar-refractivity contribution in [2.75, 3.05) is 5.32 Å². The van der Waals surface area contributed by atoms with Gasteiger partial charge in [-0.2, -0.15) is 0 Å². The summed E-state index contributed by atoms with van der Waals surface area (Å²) in [7, 11) is 0. The van der Waals surface area contributed by atoms with Gasteiger partial charge in [0.1, 0.15) is 0 Å². The van der Waals surface area contributed by atoms with Crippen molar-refractivity contribution in [3.05, 3.63) is 28.2 Å². The average molecular weight is 322 g/mol. The Balaban J connectivity index is 0.00000256. The zero-order valence-electron chi connectivity index (χ0n) is 10.00. The van der Waals surface area contributed by atoms with Gasteiger partial charge in [-0.3, -0.25) is 4.79 Å². The van der Waals surface area contributed by atoms with Crippen molar-refractivity contribution in [3.8, 4) is 0 Å². The number of hydrogen-bond donors (Lipinski definition) is 2. The highest BCUT2D eigenvalue weighted by Crippen LogP contribution is 2.20. The summed E-state index contributed by atoms with van der Waals surface area (Å²) in [6, 6.07) is 5.82. The van der Waals surface area contributed by atoms with E-state index in [1.807, 2.05) is 32.0 Å². The molecule has 0 spiro atoms. The van der Waals surface area contributed by atoms with Gasteiger partial charge in [0.25, 0.3) is 0 Å². The quantitative estimate of drug-likeness (QED) is 0.894. The van der Waals surface area contributed by atoms with Crippen molar-refractivity contribution in [1.29, 1.82) is 0 Å². The second-order valence-corrected chi connectivity index (χ2v) is 4.88. The Morgan fingerprint density at radius 3 is 2.71 bits per heavy atom. The van der Waals surface area contributed by atoms with Crippen molar-refractivity contribution in [2.45, 2.75) is 32.7 Å². The molecule has 5 heteroatoms. The molecule has 0 fully saturated rings. The van der Waals surface area contributed by atoms with Gasteiger partial charge in [0, 0.05) is 22.6 Å². The number of rotatable bonds is 4. The summed E-state index contributed by atoms with van der Waals surface area (Å²) in [4.78, 5) is 11.5. The van der Waals surface area contributed by atoms with Gasteiger partial charge in [0.05, 0.1) is 0 Å². The zero-order valence-corrected chi connectivity index (χ0v) is 12.4. The van der Waals surface area contributed by atoms with Crippen molar-refractivity contribution in [1.82, 2.24) is 0 Å². The van der Waals surface area contributed by atoms with Crippen LogP contribution < -0.4 is 11.1 Å². The molecule has 1 unspecified atom stereocenters. The van der Waals surface area contributed by atoms with Crippen LogP contribution in [0.2, 0.25) is 0 Å². The Bertz CT molecular complexity index is 383. The normalized spacial score (nSPS) is 11.5. The molecular formula is C12H18BrClN2O. The number of halogens is 2. The maximum Gasteiger partial charge on any atom is 0.224 e. The van der Waals surface area contributed by atoms with Crippen LogP contribution in [0.3, 0.4) is 0 Å². The Labute approximate surface area is 117 Å². The molecule has 0 aliphatic carbocycles. The van der Waals surface area contributed by atoms with Gasteiger partial charge in [0.2, 0.25) is 5.91 Å². The number of aryl methyl sites for hydroxylation is 1. The first-order chi connectivity index (χ1) is 7.49. The van der Waals surface area contributed by atoms with Gasteiger partial charge < -0.3 is 11.1 Å². The minimum Gasteiger partial charge on any atom is -0.328 e. The molecule has 0 heterocycles. The largest absolute Gasteiger partial charge is 0.328 e. The molecule has 0 saturated carbocycles. The lowest BCUT2D eigenvalue weighted by atomic mass is 10.2. The first kappa shape index (κ1) is 16.4. The molecule has 3 N–H and O–H groups in total. The van der Waals surface area contributed by atoms with E-state index in [1.54, 1.807) is 0 Å². The number of benzene rings is 1. The average Bonchev–Trinajstić information content (AvgIpc) is 2.21. The molecule has 17 heavy (non-hydrogen) atoms. The first-order valence-corrected chi connectivity index (χ1v) is 6.10. The van der Waals surface area contributed by atoms with Gasteiger partial charge >= 0.3 is 0 Å². The highest BCUT2D eigenvalue weighted by atomic mass is 79.9. The van der Waals surface area contributed by atoms with E-state index in [4.69, 9.17) is 5.73 Å². The van der Waals surface area contributed by atoms with E-state index >= 15 is 0 Å². The van der Waals surface area contributed by atoms with Crippen LogP contribution in [0.25, 0.3) is 0 Å². The number of anilines is 1. The molecule has 1 amide bonds. The van der Waals surface area contributed by atoms with E-state index in [-0.39, 0.29) is 24.4 Å². The summed E-state index contributed by atoms with van der Waals surface area (Å²) in [5.41, 5.74) is 7.55. The maximum atomic E-state index is 11.5. The number of hydrogen-bond acceptors (Lipinski definition) is 2. The molecule has 1 atom stereocenters. The fourth-order valence-corrected chi connectivity index (χ4v) is 1.63. The van der Waals surface area contributed by atoms with Gasteiger partial charge in [-0.15, -0.1) is 12.4 Å². The third kappa shape index (κ3) is 6.05. The van der Waals surface area contributed by atoms with Crippen LogP contribution in [0.4, 0.5) is 5.69 Å². The molecule has 0 aliphatic rings. The lowest BCUT2D eigenvalue weighted by Gasteiger charge is -2.08. The molecular weight excluding hydrogens is 304 g/mol. The van der Waals surface area contributed by atoms with Crippen LogP contribution >= 0.6 is 28.3 Å². The van der Waals surface area contributed by atoms with Crippen LogP contribution in [-0.4, -0.2) is 11.9 Å². The summed E-state index contributed by atoms with van der Waals surface area (Å²) in [5.74, 6) is 0.00746. The standard InChI is InChI=1S/C12H17BrN2O.ClH/c1-8-3-5-10(7-11(8)13)15-12(16)6-4-9(2)14;/h3,5,7,9H,4,6,14H2,1-2H3,(H,15,16);1H. The van der Waals surface area contributed by atoms with Crippen molar-refractivity contribution in [2.24, 2.45) is 5.73 Å². The lowest BCUT2D eigenvalue weighted by molar-refractivity contribution is -0.116. The molecule has 1 aromatic carbocycles. The SMILES string of the molecule is Cc1ccc(NC(=O)CCC(C)N)cc1Br.Cl. The molecule has 0 saturated heterocycles. The highest BCUT2D eigenvalue weighted by Gasteiger charge is 2.05. The lowest BCUT2D eigenvalue weighted by Crippen LogP contribution is -2.19. The predicted octanol–water partition coefficient (Wildman–Crippen LogP) is 3.25. The topological polar surface area (TPSA) is 55.1 Å². The van der Waals surface area contributed by atoms with E-state index in [9.17, 15) is 4.79 Å². The minimum atomic E-state index is 0. The van der Waals surface area contributed by atoms with E-state index in [1.165, 1.54) is 0 Å². The van der Waals surface area contributed by atoms with Crippen molar-refractivity contribution >= 4 is 39.9 Å². The van der Waals surface area contributed by atoms with Gasteiger partial charge in [-0.1, -0.05) is 22.0 Å². The fraction of sp³-hybridized carbons (Fsp3) is 0.417. The number of carbonyl (C=O) groups is 1. The summed E-state index contributed by atoms with van der Waals surface area (Å²) in [6.07, 6.45) is 1.17. The molecule has 0 aliphatic heterocycles. The molecule has 0 radical (unpaired) electrons. The van der Waals surface area contributed by atoms with Gasteiger partial charge in [0.15, 0.2) is 0 Å². The molecule has 1 aromatic rings. The monoisotopic (exact) mass is 320 g/mol. The third-order valence-corrected chi connectivity index (χ3v) is 3.14. The smallest absolute Gasteiger partial charge is 0.224 e. The van der Waals surface area contributed by atoms with Crippen LogP contribution in [-0.2, 0) is 4.79 Å². The van der Waals surface area contributed by atoms with E-state index in [0.29, 0.717) is 12.8 Å². The Kier molecular flexibility index (Phi) is 7.43. The summed E-state index contributed by atoms with van der Waals surface area (Å²) in [6.45, 7) is 3.90. The molecule has 0 aromatic heterocycles. The van der Waals surface area contributed by atoms with Crippen molar-refractivity contribution in [3.63, 3.8) is 0 Å². The number of nitrogens with one attached hydrogen (secondary N) is 1. The van der Waals surface area contributed by atoms with Crippen LogP contribution in [0, 0.1) is 6.92 Å². The van der Waals surface area contributed by atoms with Gasteiger partial charge in [-0.05, 0) is 38.0 Å². The van der Waals surface area contributed by atoms with Crippen LogP contribution in [0.1, 0.15) is 25.3 Å². The van der Waals surface area contributed by atoms with E-state index < -0.39 is 0 Å². The Morgan fingerprint density at radius 2 is 2.18 bits per heavy atom. The Hall–Kier alpha value is -0.580. The van der Waals surface area contributed by atoms with Crippen molar-refractivity contribution < 1.29 is 4.79 Å². The third-order valence-electron chi connectivity index (χ3n) is 2.28. The van der Waals surface area contributed by atoms with Crippen LogP contribution in [0.15, 0.2) is 22.7 Å². The minimum absolute atomic E-state index is 0. The Morgan fingerprint density at radius 1 is 1.53 bits per heavy atom. The molecule has 3 nitrogen and oxygen atoms in total. The summed E-state index contributed by atoms with van der Waals surface area (Å²) < 4.78 is 0.998. The molecule has 0 bridgehead atoms. The summed E-state index contributed by atoms with van der Waals surface area (Å²) >= 11 is 3.43. The second-order valence-electron chi connectivity index (χ2n) is 4.03. The maximum absolute atomic E-state index is 11.5. The fourth-order valence-electron chi connectivity index (χ4n) is 1.25. The second kappa shape index (κ2) is 7.69. The van der Waals surface area contributed by atoms with Crippen LogP contribution in [0.5, 0.6) is 0 Å². The highest BCUT2D eigenvalue weighted by molar-refractivity contribution is 9.10. The predicted molar refractivity (Wildman–Crippen MR) is 77.6 cm³/mol. The first-order valence-electron chi connectivity index (χ1n) is 5.30. The zero-order chi connectivity index (χ0) is 12.1. The summed E-state index contributed by atoms with van der Waals surface area (Å²) in [5, 5.41) is 2.84. The number of nitrogens with two attached hydrogens (primary N) is 1. The number of amides is 1. The molecule has 96 valence electrons. The number of carbonyl (C=O) groups excluding carboxylic acids is 1. The molecule has 1 rings (SSSR count). The van der Waals surface area contributed by atoms with E-state index in [0.717, 1.165) is 15.7 Å².